The molecule has 0 unspecified atom stereocenters. The lowest BCUT2D eigenvalue weighted by molar-refractivity contribution is -0.384. The van der Waals surface area contributed by atoms with Crippen LogP contribution in [0.4, 0.5) is 11.4 Å². The summed E-state index contributed by atoms with van der Waals surface area (Å²) in [7, 11) is 0. The molecule has 1 amide bonds. The zero-order chi connectivity index (χ0) is 17.8. The average Bonchev–Trinajstić information content (AvgIpc) is 3.02. The highest BCUT2D eigenvalue weighted by Crippen LogP contribution is 2.26. The number of nitrogens with zero attached hydrogens (tertiary/aromatic N) is 2. The monoisotopic (exact) mass is 340 g/mol. The summed E-state index contributed by atoms with van der Waals surface area (Å²) in [6.45, 7) is 0.215. The van der Waals surface area contributed by atoms with Crippen molar-refractivity contribution in [1.29, 1.82) is 0 Å². The molecule has 1 saturated heterocycles. The Kier molecular flexibility index (Phi) is 4.74. The number of para-hydroxylation sites is 1. The first-order chi connectivity index (χ1) is 12.0. The molecule has 0 N–H and O–H groups in total. The highest BCUT2D eigenvalue weighted by molar-refractivity contribution is 5.99. The number of carbonyl (C=O) groups excluding carboxylic acids is 2. The van der Waals surface area contributed by atoms with Gasteiger partial charge >= 0.3 is 5.97 Å². The van der Waals surface area contributed by atoms with E-state index in [0.717, 1.165) is 5.69 Å². The second kappa shape index (κ2) is 7.12. The van der Waals surface area contributed by atoms with Crippen molar-refractivity contribution in [2.24, 2.45) is 5.92 Å². The van der Waals surface area contributed by atoms with Crippen LogP contribution in [0, 0.1) is 16.0 Å². The van der Waals surface area contributed by atoms with E-state index in [9.17, 15) is 19.7 Å². The van der Waals surface area contributed by atoms with Crippen molar-refractivity contribution >= 4 is 23.3 Å². The Morgan fingerprint density at radius 3 is 2.68 bits per heavy atom. The Balaban J connectivity index is 1.60. The lowest BCUT2D eigenvalue weighted by atomic mass is 10.1. The van der Waals surface area contributed by atoms with Crippen LogP contribution in [0.25, 0.3) is 0 Å². The van der Waals surface area contributed by atoms with Crippen LogP contribution in [0.3, 0.4) is 0 Å². The first-order valence-electron chi connectivity index (χ1n) is 7.80. The highest BCUT2D eigenvalue weighted by Gasteiger charge is 2.36. The molecule has 0 bridgehead atoms. The van der Waals surface area contributed by atoms with Gasteiger partial charge in [0.1, 0.15) is 6.61 Å². The van der Waals surface area contributed by atoms with Gasteiger partial charge in [-0.3, -0.25) is 19.7 Å². The maximum atomic E-state index is 12.2. The molecule has 3 rings (SSSR count). The maximum Gasteiger partial charge on any atom is 0.311 e. The summed E-state index contributed by atoms with van der Waals surface area (Å²) < 4.78 is 5.24. The van der Waals surface area contributed by atoms with E-state index in [-0.39, 0.29) is 31.2 Å². The number of nitro benzene ring substituents is 1. The number of non-ortho nitro benzene ring substituents is 1. The molecule has 7 heteroatoms. The minimum atomic E-state index is -0.536. The van der Waals surface area contributed by atoms with Crippen LogP contribution < -0.4 is 4.90 Å². The Hall–Kier alpha value is -3.22. The lowest BCUT2D eigenvalue weighted by Crippen LogP contribution is -2.26. The van der Waals surface area contributed by atoms with Gasteiger partial charge in [-0.25, -0.2) is 0 Å². The number of amides is 1. The summed E-state index contributed by atoms with van der Waals surface area (Å²) >= 11 is 0. The molecule has 2 aromatic rings. The molecule has 0 radical (unpaired) electrons. The van der Waals surface area contributed by atoms with Gasteiger partial charge in [-0.1, -0.05) is 30.3 Å². The zero-order valence-electron chi connectivity index (χ0n) is 13.3. The van der Waals surface area contributed by atoms with Crippen molar-refractivity contribution in [3.8, 4) is 0 Å². The van der Waals surface area contributed by atoms with Gasteiger partial charge in [0.05, 0.1) is 10.8 Å². The summed E-state index contributed by atoms with van der Waals surface area (Å²) in [5, 5.41) is 10.8. The van der Waals surface area contributed by atoms with Crippen LogP contribution in [0.1, 0.15) is 12.0 Å². The zero-order valence-corrected chi connectivity index (χ0v) is 13.3. The molecule has 2 aromatic carbocycles. The van der Waals surface area contributed by atoms with Crippen molar-refractivity contribution in [3.05, 3.63) is 70.3 Å². The number of hydrogen-bond donors (Lipinski definition) is 0. The normalized spacial score (nSPS) is 16.7. The molecule has 1 aliphatic rings. The number of esters is 1. The standard InChI is InChI=1S/C18H16N2O5/c21-17-10-14(11-19(17)15-6-2-1-3-7-15)18(22)25-12-13-5-4-8-16(9-13)20(23)24/h1-9,14H,10-12H2/t14-/m0/s1. The van der Waals surface area contributed by atoms with E-state index in [1.165, 1.54) is 18.2 Å². The van der Waals surface area contributed by atoms with Gasteiger partial charge in [0, 0.05) is 30.8 Å². The summed E-state index contributed by atoms with van der Waals surface area (Å²) in [6.07, 6.45) is 0.0999. The number of carbonyl (C=O) groups is 2. The van der Waals surface area contributed by atoms with Gasteiger partial charge in [0.15, 0.2) is 0 Å². The first kappa shape index (κ1) is 16.6. The quantitative estimate of drug-likeness (QED) is 0.474. The number of hydrogen-bond acceptors (Lipinski definition) is 5. The molecule has 7 nitrogen and oxygen atoms in total. The molecular formula is C18H16N2O5. The van der Waals surface area contributed by atoms with Gasteiger partial charge in [0.25, 0.3) is 5.69 Å². The third-order valence-corrected chi connectivity index (χ3v) is 4.03. The molecule has 0 aromatic heterocycles. The molecule has 1 atom stereocenters. The summed E-state index contributed by atoms with van der Waals surface area (Å²) in [4.78, 5) is 36.2. The second-order valence-corrected chi connectivity index (χ2v) is 5.78. The summed E-state index contributed by atoms with van der Waals surface area (Å²) in [5.41, 5.74) is 1.23. The van der Waals surface area contributed by atoms with Crippen LogP contribution in [-0.2, 0) is 20.9 Å². The smallest absolute Gasteiger partial charge is 0.311 e. The molecule has 1 fully saturated rings. The first-order valence-corrected chi connectivity index (χ1v) is 7.80. The van der Waals surface area contributed by atoms with E-state index in [0.29, 0.717) is 5.56 Å². The summed E-state index contributed by atoms with van der Waals surface area (Å²) in [6, 6.07) is 15.1. The Morgan fingerprint density at radius 2 is 1.96 bits per heavy atom. The van der Waals surface area contributed by atoms with E-state index < -0.39 is 16.8 Å². The molecule has 0 spiro atoms. The predicted octanol–water partition coefficient (Wildman–Crippen LogP) is 2.69. The van der Waals surface area contributed by atoms with Crippen molar-refractivity contribution in [3.63, 3.8) is 0 Å². The molecule has 1 heterocycles. The van der Waals surface area contributed by atoms with Crippen molar-refractivity contribution in [2.45, 2.75) is 13.0 Å². The van der Waals surface area contributed by atoms with Gasteiger partial charge < -0.3 is 9.64 Å². The molecular weight excluding hydrogens is 324 g/mol. The van der Waals surface area contributed by atoms with Crippen LogP contribution in [0.2, 0.25) is 0 Å². The second-order valence-electron chi connectivity index (χ2n) is 5.78. The van der Waals surface area contributed by atoms with Crippen LogP contribution >= 0.6 is 0 Å². The largest absolute Gasteiger partial charge is 0.461 e. The molecule has 1 aliphatic heterocycles. The molecule has 0 saturated carbocycles. The fourth-order valence-electron chi connectivity index (χ4n) is 2.76. The number of rotatable bonds is 5. The van der Waals surface area contributed by atoms with E-state index in [2.05, 4.69) is 0 Å². The number of nitro groups is 1. The van der Waals surface area contributed by atoms with E-state index >= 15 is 0 Å². The van der Waals surface area contributed by atoms with E-state index in [1.54, 1.807) is 11.0 Å². The molecule has 0 aliphatic carbocycles. The van der Waals surface area contributed by atoms with Gasteiger partial charge in [-0.05, 0) is 17.7 Å². The topological polar surface area (TPSA) is 89.7 Å². The van der Waals surface area contributed by atoms with Gasteiger partial charge in [-0.2, -0.15) is 0 Å². The minimum Gasteiger partial charge on any atom is -0.461 e. The highest BCUT2D eigenvalue weighted by atomic mass is 16.6. The van der Waals surface area contributed by atoms with E-state index in [4.69, 9.17) is 4.74 Å². The Labute approximate surface area is 144 Å². The van der Waals surface area contributed by atoms with Gasteiger partial charge in [-0.15, -0.1) is 0 Å². The third-order valence-electron chi connectivity index (χ3n) is 4.03. The maximum absolute atomic E-state index is 12.2. The minimum absolute atomic E-state index is 0.0557. The van der Waals surface area contributed by atoms with Crippen LogP contribution in [0.5, 0.6) is 0 Å². The van der Waals surface area contributed by atoms with Crippen LogP contribution in [0.15, 0.2) is 54.6 Å². The third kappa shape index (κ3) is 3.82. The van der Waals surface area contributed by atoms with Crippen molar-refractivity contribution < 1.29 is 19.2 Å². The average molecular weight is 340 g/mol. The molecule has 25 heavy (non-hydrogen) atoms. The van der Waals surface area contributed by atoms with E-state index in [1.807, 2.05) is 30.3 Å². The SMILES string of the molecule is O=C(OCc1cccc([N+](=O)[O-])c1)[C@H]1CC(=O)N(c2ccccc2)C1. The Bertz CT molecular complexity index is 806. The Morgan fingerprint density at radius 1 is 1.20 bits per heavy atom. The van der Waals surface area contributed by atoms with Gasteiger partial charge in [0.2, 0.25) is 5.91 Å². The van der Waals surface area contributed by atoms with Crippen molar-refractivity contribution in [1.82, 2.24) is 0 Å². The fraction of sp³-hybridized carbons (Fsp3) is 0.222. The lowest BCUT2D eigenvalue weighted by Gasteiger charge is -2.16. The number of anilines is 1. The van der Waals surface area contributed by atoms with Crippen molar-refractivity contribution in [2.75, 3.05) is 11.4 Å². The number of ether oxygens (including phenoxy) is 1. The number of benzene rings is 2. The van der Waals surface area contributed by atoms with Crippen LogP contribution in [-0.4, -0.2) is 23.3 Å². The predicted molar refractivity (Wildman–Crippen MR) is 89.8 cm³/mol. The fourth-order valence-corrected chi connectivity index (χ4v) is 2.76. The molecule has 128 valence electrons. The summed E-state index contributed by atoms with van der Waals surface area (Å²) in [5.74, 6) is -1.13.